The molecule has 4 atom stereocenters. The SMILES string of the molecule is CSCCC(NC(=O)C(CCCCN)NC(=O)C(N)Cc1ccc(O)cc1)C(=O)NC(CCC(N)=O)C(=O)O. The fourth-order valence-electron chi connectivity index (χ4n) is 3.61. The van der Waals surface area contributed by atoms with Crippen LogP contribution >= 0.6 is 11.8 Å². The van der Waals surface area contributed by atoms with Crippen LogP contribution in [0.15, 0.2) is 24.3 Å². The molecule has 0 aliphatic rings. The highest BCUT2D eigenvalue weighted by molar-refractivity contribution is 7.98. The van der Waals surface area contributed by atoms with E-state index in [2.05, 4.69) is 16.0 Å². The van der Waals surface area contributed by atoms with Crippen molar-refractivity contribution in [2.24, 2.45) is 17.2 Å². The number of aliphatic carboxylic acids is 1. The molecule has 1 rings (SSSR count). The van der Waals surface area contributed by atoms with Crippen molar-refractivity contribution in [3.05, 3.63) is 29.8 Å². The van der Waals surface area contributed by atoms with Gasteiger partial charge in [-0.25, -0.2) is 4.79 Å². The van der Waals surface area contributed by atoms with Crippen LogP contribution < -0.4 is 33.2 Å². The minimum Gasteiger partial charge on any atom is -0.508 e. The molecule has 0 aliphatic heterocycles. The van der Waals surface area contributed by atoms with Crippen LogP contribution in [0.5, 0.6) is 5.75 Å². The predicted octanol–water partition coefficient (Wildman–Crippen LogP) is -1.05. The van der Waals surface area contributed by atoms with E-state index < -0.39 is 53.8 Å². The molecule has 14 heteroatoms. The average molecular weight is 569 g/mol. The monoisotopic (exact) mass is 568 g/mol. The van der Waals surface area contributed by atoms with E-state index in [4.69, 9.17) is 17.2 Å². The Morgan fingerprint density at radius 2 is 1.44 bits per heavy atom. The molecule has 0 saturated heterocycles. The summed E-state index contributed by atoms with van der Waals surface area (Å²) in [7, 11) is 0. The number of phenolic OH excluding ortho intramolecular Hbond substituents is 1. The summed E-state index contributed by atoms with van der Waals surface area (Å²) in [6.45, 7) is 0.392. The van der Waals surface area contributed by atoms with Gasteiger partial charge in [0.15, 0.2) is 0 Å². The van der Waals surface area contributed by atoms with Crippen LogP contribution in [-0.4, -0.2) is 82.5 Å². The number of thioether (sulfide) groups is 1. The fraction of sp³-hybridized carbons (Fsp3) is 0.560. The quantitative estimate of drug-likeness (QED) is 0.0941. The van der Waals surface area contributed by atoms with Gasteiger partial charge in [-0.05, 0) is 74.8 Å². The van der Waals surface area contributed by atoms with Crippen molar-refractivity contribution >= 4 is 41.4 Å². The first kappa shape index (κ1) is 33.7. The number of carbonyl (C=O) groups is 5. The predicted molar refractivity (Wildman–Crippen MR) is 148 cm³/mol. The smallest absolute Gasteiger partial charge is 0.326 e. The molecule has 0 radical (unpaired) electrons. The average Bonchev–Trinajstić information content (AvgIpc) is 2.88. The van der Waals surface area contributed by atoms with Crippen molar-refractivity contribution in [1.82, 2.24) is 16.0 Å². The summed E-state index contributed by atoms with van der Waals surface area (Å²) in [6, 6.07) is 1.79. The molecule has 0 aliphatic carbocycles. The lowest BCUT2D eigenvalue weighted by Crippen LogP contribution is -2.57. The van der Waals surface area contributed by atoms with Crippen molar-refractivity contribution in [1.29, 1.82) is 0 Å². The molecule has 0 fully saturated rings. The van der Waals surface area contributed by atoms with Crippen LogP contribution in [0.25, 0.3) is 0 Å². The fourth-order valence-corrected chi connectivity index (χ4v) is 4.08. The Balaban J connectivity index is 2.96. The molecule has 0 saturated carbocycles. The number of aromatic hydroxyl groups is 1. The molecule has 4 unspecified atom stereocenters. The van der Waals surface area contributed by atoms with E-state index in [1.807, 2.05) is 6.26 Å². The number of benzene rings is 1. The van der Waals surface area contributed by atoms with Gasteiger partial charge in [0, 0.05) is 6.42 Å². The van der Waals surface area contributed by atoms with E-state index in [9.17, 15) is 34.2 Å². The zero-order valence-corrected chi connectivity index (χ0v) is 22.9. The molecule has 4 amide bonds. The highest BCUT2D eigenvalue weighted by atomic mass is 32.2. The largest absolute Gasteiger partial charge is 0.508 e. The van der Waals surface area contributed by atoms with E-state index in [1.54, 1.807) is 12.1 Å². The van der Waals surface area contributed by atoms with E-state index >= 15 is 0 Å². The molecule has 11 N–H and O–H groups in total. The minimum atomic E-state index is -1.36. The van der Waals surface area contributed by atoms with E-state index in [0.717, 1.165) is 5.56 Å². The third kappa shape index (κ3) is 13.3. The number of rotatable bonds is 19. The lowest BCUT2D eigenvalue weighted by Gasteiger charge is -2.25. The lowest BCUT2D eigenvalue weighted by molar-refractivity contribution is -0.142. The van der Waals surface area contributed by atoms with Gasteiger partial charge in [0.2, 0.25) is 23.6 Å². The number of primary amides is 1. The zero-order chi connectivity index (χ0) is 29.4. The van der Waals surface area contributed by atoms with Crippen LogP contribution in [0.4, 0.5) is 0 Å². The highest BCUT2D eigenvalue weighted by Gasteiger charge is 2.30. The summed E-state index contributed by atoms with van der Waals surface area (Å²) >= 11 is 1.43. The molecule has 0 heterocycles. The molecule has 218 valence electrons. The summed E-state index contributed by atoms with van der Waals surface area (Å²) in [5.74, 6) is -3.40. The zero-order valence-electron chi connectivity index (χ0n) is 22.1. The third-order valence-corrected chi connectivity index (χ3v) is 6.49. The van der Waals surface area contributed by atoms with E-state index in [0.29, 0.717) is 25.1 Å². The Morgan fingerprint density at radius 1 is 0.872 bits per heavy atom. The van der Waals surface area contributed by atoms with Crippen molar-refractivity contribution in [3.63, 3.8) is 0 Å². The van der Waals surface area contributed by atoms with Gasteiger partial charge in [0.25, 0.3) is 0 Å². The molecule has 1 aromatic rings. The van der Waals surface area contributed by atoms with Gasteiger partial charge in [-0.3, -0.25) is 19.2 Å². The summed E-state index contributed by atoms with van der Waals surface area (Å²) < 4.78 is 0. The van der Waals surface area contributed by atoms with Gasteiger partial charge in [0.1, 0.15) is 23.9 Å². The third-order valence-electron chi connectivity index (χ3n) is 5.85. The first-order chi connectivity index (χ1) is 18.5. The Morgan fingerprint density at radius 3 is 1.97 bits per heavy atom. The van der Waals surface area contributed by atoms with Crippen LogP contribution in [0.3, 0.4) is 0 Å². The summed E-state index contributed by atoms with van der Waals surface area (Å²) in [5.41, 5.74) is 17.4. The number of carboxylic acids is 1. The molecule has 13 nitrogen and oxygen atoms in total. The summed E-state index contributed by atoms with van der Waals surface area (Å²) in [6.07, 6.45) is 3.13. The first-order valence-electron chi connectivity index (χ1n) is 12.6. The second-order valence-corrected chi connectivity index (χ2v) is 10.1. The molecule has 0 bridgehead atoms. The highest BCUT2D eigenvalue weighted by Crippen LogP contribution is 2.12. The number of carboxylic acid groups (broad SMARTS) is 1. The van der Waals surface area contributed by atoms with Crippen LogP contribution in [0, 0.1) is 0 Å². The lowest BCUT2D eigenvalue weighted by atomic mass is 10.0. The van der Waals surface area contributed by atoms with Crippen LogP contribution in [0.2, 0.25) is 0 Å². The maximum Gasteiger partial charge on any atom is 0.326 e. The van der Waals surface area contributed by atoms with E-state index in [1.165, 1.54) is 23.9 Å². The normalized spacial score (nSPS) is 13.9. The second kappa shape index (κ2) is 18.0. The van der Waals surface area contributed by atoms with Gasteiger partial charge in [-0.1, -0.05) is 12.1 Å². The number of hydrogen-bond acceptors (Lipinski definition) is 9. The molecular formula is C25H40N6O7S. The van der Waals surface area contributed by atoms with Crippen molar-refractivity contribution < 1.29 is 34.2 Å². The van der Waals surface area contributed by atoms with Crippen molar-refractivity contribution in [3.8, 4) is 5.75 Å². The number of hydrogen-bond donors (Lipinski definition) is 8. The van der Waals surface area contributed by atoms with Gasteiger partial charge in [-0.2, -0.15) is 11.8 Å². The molecule has 0 aromatic heterocycles. The Labute approximate surface area is 232 Å². The summed E-state index contributed by atoms with van der Waals surface area (Å²) in [4.78, 5) is 61.6. The van der Waals surface area contributed by atoms with Gasteiger partial charge < -0.3 is 43.4 Å². The van der Waals surface area contributed by atoms with Crippen LogP contribution in [0.1, 0.15) is 44.1 Å². The number of nitrogens with two attached hydrogens (primary N) is 3. The van der Waals surface area contributed by atoms with Crippen molar-refractivity contribution in [2.45, 2.75) is 69.1 Å². The molecular weight excluding hydrogens is 528 g/mol. The number of carbonyl (C=O) groups excluding carboxylic acids is 4. The van der Waals surface area contributed by atoms with E-state index in [-0.39, 0.29) is 37.9 Å². The molecule has 39 heavy (non-hydrogen) atoms. The molecule has 0 spiro atoms. The summed E-state index contributed by atoms with van der Waals surface area (Å²) in [5, 5.41) is 26.5. The number of unbranched alkanes of at least 4 members (excludes halogenated alkanes) is 1. The standard InChI is InChI=1S/C25H40N6O7S/c1-39-13-11-19(24(36)31-20(25(37)38)9-10-21(28)33)30-23(35)18(4-2-3-12-26)29-22(34)17(27)14-15-5-7-16(32)8-6-15/h5-8,17-20,32H,2-4,9-14,26-27H2,1H3,(H2,28,33)(H,29,34)(H,30,35)(H,31,36)(H,37,38). The maximum absolute atomic E-state index is 13.2. The number of nitrogens with one attached hydrogen (secondary N) is 3. The Bertz CT molecular complexity index is 963. The number of amides is 4. The first-order valence-corrected chi connectivity index (χ1v) is 14.0. The second-order valence-electron chi connectivity index (χ2n) is 9.07. The van der Waals surface area contributed by atoms with Gasteiger partial charge in [0.05, 0.1) is 6.04 Å². The van der Waals surface area contributed by atoms with Crippen LogP contribution in [-0.2, 0) is 30.4 Å². The Hall–Kier alpha value is -3.36. The Kier molecular flexibility index (Phi) is 15.6. The topological polar surface area (TPSA) is 240 Å². The molecule has 1 aromatic carbocycles. The van der Waals surface area contributed by atoms with Gasteiger partial charge >= 0.3 is 5.97 Å². The van der Waals surface area contributed by atoms with Gasteiger partial charge in [-0.15, -0.1) is 0 Å². The minimum absolute atomic E-state index is 0.0796. The number of phenols is 1. The maximum atomic E-state index is 13.2. The van der Waals surface area contributed by atoms with Crippen molar-refractivity contribution in [2.75, 3.05) is 18.6 Å².